The van der Waals surface area contributed by atoms with Gasteiger partial charge in [0.25, 0.3) is 0 Å². The molecule has 0 unspecified atom stereocenters. The van der Waals surface area contributed by atoms with Crippen molar-refractivity contribution in [1.82, 2.24) is 4.57 Å². The molecule has 33 heavy (non-hydrogen) atoms. The van der Waals surface area contributed by atoms with Gasteiger partial charge in [0.05, 0.1) is 10.9 Å². The molecule has 1 saturated heterocycles. The number of phenols is 1. The van der Waals surface area contributed by atoms with E-state index in [4.69, 9.17) is 4.74 Å². The van der Waals surface area contributed by atoms with Crippen LogP contribution in [-0.2, 0) is 9.53 Å². The van der Waals surface area contributed by atoms with Crippen molar-refractivity contribution in [3.05, 3.63) is 59.0 Å². The number of aryl methyl sites for hydroxylation is 1. The summed E-state index contributed by atoms with van der Waals surface area (Å²) in [6, 6.07) is 10.6. The van der Waals surface area contributed by atoms with Gasteiger partial charge in [0.1, 0.15) is 11.6 Å². The lowest BCUT2D eigenvalue weighted by atomic mass is 9.58. The minimum Gasteiger partial charge on any atom is -0.508 e. The van der Waals surface area contributed by atoms with Gasteiger partial charge >= 0.3 is 5.97 Å². The molecule has 3 aromatic rings. The second-order valence-corrected chi connectivity index (χ2v) is 9.70. The van der Waals surface area contributed by atoms with Crippen LogP contribution in [0.5, 0.6) is 5.75 Å². The van der Waals surface area contributed by atoms with Crippen molar-refractivity contribution >= 4 is 16.9 Å². The van der Waals surface area contributed by atoms with Gasteiger partial charge in [0.15, 0.2) is 0 Å². The number of carbonyl (C=O) groups is 1. The summed E-state index contributed by atoms with van der Waals surface area (Å²) < 4.78 is 22.0. The van der Waals surface area contributed by atoms with Crippen molar-refractivity contribution in [1.29, 1.82) is 0 Å². The number of aromatic hydroxyl groups is 1. The highest BCUT2D eigenvalue weighted by Gasteiger charge is 2.51. The van der Waals surface area contributed by atoms with Crippen LogP contribution in [0.2, 0.25) is 0 Å². The molecule has 2 fully saturated rings. The van der Waals surface area contributed by atoms with Crippen LogP contribution < -0.4 is 0 Å². The summed E-state index contributed by atoms with van der Waals surface area (Å²) in [7, 11) is 0. The Labute approximate surface area is 192 Å². The third kappa shape index (κ3) is 3.52. The molecule has 1 aromatic heterocycles. The molecule has 0 amide bonds. The molecule has 0 atom stereocenters. The molecule has 0 bridgehead atoms. The number of ether oxygens (including phenoxy) is 1. The first-order valence-corrected chi connectivity index (χ1v) is 11.8. The van der Waals surface area contributed by atoms with Gasteiger partial charge in [-0.25, -0.2) is 4.39 Å². The van der Waals surface area contributed by atoms with Gasteiger partial charge in [-0.2, -0.15) is 0 Å². The number of hydrogen-bond acceptors (Lipinski definition) is 3. The number of phenolic OH excluding ortho intramolecular Hbond substituents is 1. The standard InChI is InChI=1S/C27H30FNO4/c1-3-27(26(31)32)14-18(15-27)24-21-13-20(30)5-7-23(21)29(19-4-6-22(28)16(2)12-19)25(24)17-8-10-33-11-9-17/h4-7,12-13,17-18,30H,3,8-11,14-15H2,1-2H3,(H,31,32)/t18-,27-. The minimum absolute atomic E-state index is 0.103. The van der Waals surface area contributed by atoms with Crippen LogP contribution in [-0.4, -0.2) is 34.0 Å². The number of rotatable bonds is 5. The number of fused-ring (bicyclic) bond motifs is 1. The quantitative estimate of drug-likeness (QED) is 0.496. The Bertz CT molecular complexity index is 1220. The second kappa shape index (κ2) is 8.17. The first-order chi connectivity index (χ1) is 15.8. The molecule has 2 N–H and O–H groups in total. The van der Waals surface area contributed by atoms with Crippen molar-refractivity contribution in [3.8, 4) is 11.4 Å². The van der Waals surface area contributed by atoms with Gasteiger partial charge in [0, 0.05) is 35.9 Å². The zero-order chi connectivity index (χ0) is 23.3. The van der Waals surface area contributed by atoms with Crippen LogP contribution in [0.15, 0.2) is 36.4 Å². The number of nitrogens with zero attached hydrogens (tertiary/aromatic N) is 1. The average molecular weight is 452 g/mol. The largest absolute Gasteiger partial charge is 0.508 e. The summed E-state index contributed by atoms with van der Waals surface area (Å²) in [5.41, 5.74) is 4.03. The number of aromatic nitrogens is 1. The fourth-order valence-electron chi connectivity index (χ4n) is 5.87. The van der Waals surface area contributed by atoms with E-state index in [0.717, 1.165) is 40.7 Å². The fourth-order valence-corrected chi connectivity index (χ4v) is 5.87. The van der Waals surface area contributed by atoms with Crippen molar-refractivity contribution in [2.45, 2.75) is 57.8 Å². The van der Waals surface area contributed by atoms with Gasteiger partial charge in [-0.05, 0) is 92.5 Å². The Morgan fingerprint density at radius 2 is 1.88 bits per heavy atom. The third-order valence-electron chi connectivity index (χ3n) is 7.85. The molecule has 5 nitrogen and oxygen atoms in total. The van der Waals surface area contributed by atoms with Crippen LogP contribution in [0, 0.1) is 18.2 Å². The highest BCUT2D eigenvalue weighted by atomic mass is 19.1. The summed E-state index contributed by atoms with van der Waals surface area (Å²) in [5, 5.41) is 21.2. The Kier molecular flexibility index (Phi) is 5.44. The molecule has 1 saturated carbocycles. The van der Waals surface area contributed by atoms with Crippen LogP contribution in [0.3, 0.4) is 0 Å². The van der Waals surface area contributed by atoms with Crippen LogP contribution in [0.4, 0.5) is 4.39 Å². The van der Waals surface area contributed by atoms with Gasteiger partial charge in [-0.1, -0.05) is 6.92 Å². The van der Waals surface area contributed by atoms with Gasteiger partial charge in [0.2, 0.25) is 0 Å². The topological polar surface area (TPSA) is 71.7 Å². The predicted octanol–water partition coefficient (Wildman–Crippen LogP) is 6.04. The molecular weight excluding hydrogens is 421 g/mol. The lowest BCUT2D eigenvalue weighted by Gasteiger charge is -2.45. The van der Waals surface area contributed by atoms with E-state index in [9.17, 15) is 19.4 Å². The van der Waals surface area contributed by atoms with Crippen molar-refractivity contribution in [3.63, 3.8) is 0 Å². The zero-order valence-corrected chi connectivity index (χ0v) is 19.1. The normalized spacial score (nSPS) is 23.5. The molecule has 2 heterocycles. The van der Waals surface area contributed by atoms with E-state index in [1.807, 2.05) is 19.1 Å². The number of aliphatic carboxylic acids is 1. The first-order valence-electron chi connectivity index (χ1n) is 11.8. The van der Waals surface area contributed by atoms with Crippen LogP contribution >= 0.6 is 0 Å². The molecule has 1 aliphatic carbocycles. The van der Waals surface area contributed by atoms with E-state index in [2.05, 4.69) is 4.57 Å². The summed E-state index contributed by atoms with van der Waals surface area (Å²) in [6.07, 6.45) is 3.53. The van der Waals surface area contributed by atoms with Crippen molar-refractivity contribution in [2.24, 2.45) is 5.41 Å². The maximum atomic E-state index is 14.1. The summed E-state index contributed by atoms with van der Waals surface area (Å²) in [6.45, 7) is 5.07. The average Bonchev–Trinajstić information content (AvgIpc) is 3.10. The number of halogens is 1. The molecule has 1 aliphatic heterocycles. The first kappa shape index (κ1) is 22.0. The SMILES string of the molecule is CC[C@]1(C(=O)O)C[C@H](c2c(C3CCOCC3)n(-c3ccc(F)c(C)c3)c3ccc(O)cc32)C1. The Morgan fingerprint density at radius 1 is 1.15 bits per heavy atom. The lowest BCUT2D eigenvalue weighted by molar-refractivity contribution is -0.156. The van der Waals surface area contributed by atoms with Crippen LogP contribution in [0.25, 0.3) is 16.6 Å². The summed E-state index contributed by atoms with van der Waals surface area (Å²) in [5.74, 6) is -0.432. The zero-order valence-electron chi connectivity index (χ0n) is 19.1. The van der Waals surface area contributed by atoms with Crippen LogP contribution in [0.1, 0.15) is 67.7 Å². The molecule has 0 spiro atoms. The monoisotopic (exact) mass is 451 g/mol. The molecule has 2 aliphatic rings. The second-order valence-electron chi connectivity index (χ2n) is 9.70. The summed E-state index contributed by atoms with van der Waals surface area (Å²) in [4.78, 5) is 12.0. The Morgan fingerprint density at radius 3 is 2.52 bits per heavy atom. The Hall–Kier alpha value is -2.86. The van der Waals surface area contributed by atoms with E-state index in [1.165, 1.54) is 6.07 Å². The number of benzene rings is 2. The van der Waals surface area contributed by atoms with E-state index in [-0.39, 0.29) is 23.4 Å². The molecule has 0 radical (unpaired) electrons. The number of carboxylic acids is 1. The molecule has 174 valence electrons. The van der Waals surface area contributed by atoms with Crippen molar-refractivity contribution < 1.29 is 24.1 Å². The smallest absolute Gasteiger partial charge is 0.309 e. The summed E-state index contributed by atoms with van der Waals surface area (Å²) >= 11 is 0. The number of hydrogen-bond donors (Lipinski definition) is 2. The third-order valence-corrected chi connectivity index (χ3v) is 7.85. The molecule has 2 aromatic carbocycles. The molecular formula is C27H30FNO4. The predicted molar refractivity (Wildman–Crippen MR) is 125 cm³/mol. The van der Waals surface area contributed by atoms with Gasteiger partial charge in [-0.3, -0.25) is 4.79 Å². The van der Waals surface area contributed by atoms with Crippen molar-refractivity contribution in [2.75, 3.05) is 13.2 Å². The Balaban J connectivity index is 1.75. The maximum Gasteiger partial charge on any atom is 0.309 e. The number of carboxylic acid groups (broad SMARTS) is 1. The molecule has 5 rings (SSSR count). The maximum absolute atomic E-state index is 14.1. The molecule has 6 heteroatoms. The lowest BCUT2D eigenvalue weighted by Crippen LogP contribution is -2.42. The van der Waals surface area contributed by atoms with E-state index < -0.39 is 11.4 Å². The highest BCUT2D eigenvalue weighted by molar-refractivity contribution is 5.90. The minimum atomic E-state index is -0.727. The van der Waals surface area contributed by atoms with Gasteiger partial charge < -0.3 is 19.5 Å². The van der Waals surface area contributed by atoms with E-state index in [0.29, 0.717) is 38.0 Å². The fraction of sp³-hybridized carbons (Fsp3) is 0.444. The van der Waals surface area contributed by atoms with E-state index >= 15 is 0 Å². The van der Waals surface area contributed by atoms with E-state index in [1.54, 1.807) is 25.1 Å². The highest BCUT2D eigenvalue weighted by Crippen LogP contribution is 2.57. The van der Waals surface area contributed by atoms with Gasteiger partial charge in [-0.15, -0.1) is 0 Å².